The van der Waals surface area contributed by atoms with Gasteiger partial charge in [0.25, 0.3) is 0 Å². The van der Waals surface area contributed by atoms with Crippen LogP contribution in [0.2, 0.25) is 0 Å². The number of imidazole rings is 1. The highest BCUT2D eigenvalue weighted by molar-refractivity contribution is 5.76. The molecule has 0 aliphatic carbocycles. The van der Waals surface area contributed by atoms with Crippen molar-refractivity contribution in [1.82, 2.24) is 20.2 Å². The van der Waals surface area contributed by atoms with E-state index in [4.69, 9.17) is 0 Å². The van der Waals surface area contributed by atoms with Gasteiger partial charge in [-0.25, -0.2) is 4.98 Å². The Morgan fingerprint density at radius 3 is 2.88 bits per heavy atom. The van der Waals surface area contributed by atoms with Crippen LogP contribution in [0.4, 0.5) is 0 Å². The fourth-order valence-electron chi connectivity index (χ4n) is 3.38. The first-order valence-electron chi connectivity index (χ1n) is 9.17. The number of aryl methyl sites for hydroxylation is 1. The zero-order valence-electron chi connectivity index (χ0n) is 14.6. The number of amides is 1. The summed E-state index contributed by atoms with van der Waals surface area (Å²) in [5.74, 6) is 1.11. The molecule has 1 amide bonds. The molecular formula is C19H28N4O. The van der Waals surface area contributed by atoms with E-state index < -0.39 is 0 Å². The van der Waals surface area contributed by atoms with Gasteiger partial charge in [-0.1, -0.05) is 18.6 Å². The molecule has 130 valence electrons. The maximum Gasteiger partial charge on any atom is 0.220 e. The van der Waals surface area contributed by atoms with E-state index in [1.54, 1.807) is 0 Å². The van der Waals surface area contributed by atoms with Gasteiger partial charge >= 0.3 is 0 Å². The number of rotatable bonds is 7. The molecule has 1 aromatic carbocycles. The molecule has 0 spiro atoms. The molecule has 2 heterocycles. The largest absolute Gasteiger partial charge is 0.355 e. The SMILES string of the molecule is CC(CNC(=O)CCCc1nc2ccccc2[nH]1)N1CCCCC1. The Hall–Kier alpha value is -1.88. The number of likely N-dealkylation sites (tertiary alicyclic amines) is 1. The van der Waals surface area contributed by atoms with Gasteiger partial charge in [0.2, 0.25) is 5.91 Å². The number of hydrogen-bond acceptors (Lipinski definition) is 3. The minimum absolute atomic E-state index is 0.148. The zero-order chi connectivity index (χ0) is 16.8. The standard InChI is InChI=1S/C19H28N4O/c1-15(23-12-5-2-6-13-23)14-20-19(24)11-7-10-18-21-16-8-3-4-9-17(16)22-18/h3-4,8-9,15H,2,5-7,10-14H2,1H3,(H,20,24)(H,21,22). The predicted molar refractivity (Wildman–Crippen MR) is 96.9 cm³/mol. The van der Waals surface area contributed by atoms with Crippen LogP contribution in [0, 0.1) is 0 Å². The van der Waals surface area contributed by atoms with Gasteiger partial charge in [-0.05, 0) is 51.4 Å². The summed E-state index contributed by atoms with van der Waals surface area (Å²) in [6, 6.07) is 8.46. The van der Waals surface area contributed by atoms with Gasteiger partial charge in [-0.15, -0.1) is 0 Å². The normalized spacial score (nSPS) is 17.0. The Morgan fingerprint density at radius 2 is 2.08 bits per heavy atom. The van der Waals surface area contributed by atoms with E-state index in [1.165, 1.54) is 32.4 Å². The van der Waals surface area contributed by atoms with Crippen molar-refractivity contribution in [3.05, 3.63) is 30.1 Å². The van der Waals surface area contributed by atoms with E-state index in [9.17, 15) is 4.79 Å². The number of aromatic nitrogens is 2. The van der Waals surface area contributed by atoms with Gasteiger partial charge in [0.1, 0.15) is 5.82 Å². The van der Waals surface area contributed by atoms with Crippen LogP contribution in [0.25, 0.3) is 11.0 Å². The monoisotopic (exact) mass is 328 g/mol. The number of nitrogens with zero attached hydrogens (tertiary/aromatic N) is 2. The fraction of sp³-hybridized carbons (Fsp3) is 0.579. The van der Waals surface area contributed by atoms with E-state index in [-0.39, 0.29) is 5.91 Å². The predicted octanol–water partition coefficient (Wildman–Crippen LogP) is 2.88. The Morgan fingerprint density at radius 1 is 1.29 bits per heavy atom. The second-order valence-electron chi connectivity index (χ2n) is 6.80. The molecule has 1 atom stereocenters. The molecule has 3 rings (SSSR count). The van der Waals surface area contributed by atoms with Crippen molar-refractivity contribution in [2.75, 3.05) is 19.6 Å². The number of carbonyl (C=O) groups is 1. The maximum atomic E-state index is 12.0. The van der Waals surface area contributed by atoms with Gasteiger partial charge in [0.15, 0.2) is 0 Å². The van der Waals surface area contributed by atoms with Gasteiger partial charge < -0.3 is 10.3 Å². The van der Waals surface area contributed by atoms with Crippen LogP contribution in [0.3, 0.4) is 0 Å². The topological polar surface area (TPSA) is 61.0 Å². The summed E-state index contributed by atoms with van der Waals surface area (Å²) in [6.07, 6.45) is 6.11. The first-order chi connectivity index (χ1) is 11.7. The molecule has 0 bridgehead atoms. The van der Waals surface area contributed by atoms with Crippen molar-refractivity contribution in [3.8, 4) is 0 Å². The Kier molecular flexibility index (Phi) is 5.86. The molecule has 1 aliphatic rings. The summed E-state index contributed by atoms with van der Waals surface area (Å²) in [5, 5.41) is 3.08. The Balaban J connectivity index is 1.36. The average Bonchev–Trinajstić information content (AvgIpc) is 3.03. The lowest BCUT2D eigenvalue weighted by Crippen LogP contribution is -2.44. The highest BCUT2D eigenvalue weighted by atomic mass is 16.1. The number of hydrogen-bond donors (Lipinski definition) is 2. The molecule has 2 aromatic rings. The Labute approximate surface area is 143 Å². The molecule has 1 unspecified atom stereocenters. The molecule has 2 N–H and O–H groups in total. The molecule has 1 aliphatic heterocycles. The summed E-state index contributed by atoms with van der Waals surface area (Å²) in [5.41, 5.74) is 2.06. The van der Waals surface area contributed by atoms with Gasteiger partial charge in [-0.3, -0.25) is 9.69 Å². The van der Waals surface area contributed by atoms with Crippen LogP contribution >= 0.6 is 0 Å². The third-order valence-corrected chi connectivity index (χ3v) is 4.86. The highest BCUT2D eigenvalue weighted by Crippen LogP contribution is 2.13. The number of piperidine rings is 1. The van der Waals surface area contributed by atoms with Crippen LogP contribution in [-0.4, -0.2) is 46.5 Å². The summed E-state index contributed by atoms with van der Waals surface area (Å²) >= 11 is 0. The number of para-hydroxylation sites is 2. The minimum atomic E-state index is 0.148. The van der Waals surface area contributed by atoms with Crippen molar-refractivity contribution in [1.29, 1.82) is 0 Å². The summed E-state index contributed by atoms with van der Waals surface area (Å²) in [4.78, 5) is 22.4. The van der Waals surface area contributed by atoms with E-state index >= 15 is 0 Å². The number of fused-ring (bicyclic) bond motifs is 1. The summed E-state index contributed by atoms with van der Waals surface area (Å²) in [7, 11) is 0. The van der Waals surface area contributed by atoms with E-state index in [1.807, 2.05) is 24.3 Å². The second kappa shape index (κ2) is 8.29. The van der Waals surface area contributed by atoms with Crippen LogP contribution in [0.15, 0.2) is 24.3 Å². The molecule has 5 nitrogen and oxygen atoms in total. The summed E-state index contributed by atoms with van der Waals surface area (Å²) < 4.78 is 0. The first-order valence-corrected chi connectivity index (χ1v) is 9.17. The number of benzene rings is 1. The molecule has 1 fully saturated rings. The zero-order valence-corrected chi connectivity index (χ0v) is 14.6. The van der Waals surface area contributed by atoms with Gasteiger partial charge in [-0.2, -0.15) is 0 Å². The Bertz CT molecular complexity index is 627. The molecule has 5 heteroatoms. The molecule has 0 radical (unpaired) electrons. The molecule has 0 saturated carbocycles. The van der Waals surface area contributed by atoms with Crippen LogP contribution in [-0.2, 0) is 11.2 Å². The molecular weight excluding hydrogens is 300 g/mol. The van der Waals surface area contributed by atoms with Crippen molar-refractivity contribution >= 4 is 16.9 Å². The third kappa shape index (κ3) is 4.57. The quantitative estimate of drug-likeness (QED) is 0.821. The van der Waals surface area contributed by atoms with Crippen molar-refractivity contribution < 1.29 is 4.79 Å². The third-order valence-electron chi connectivity index (χ3n) is 4.86. The summed E-state index contributed by atoms with van der Waals surface area (Å²) in [6.45, 7) is 5.30. The smallest absolute Gasteiger partial charge is 0.220 e. The van der Waals surface area contributed by atoms with E-state index in [0.717, 1.165) is 36.2 Å². The number of H-pyrrole nitrogens is 1. The van der Waals surface area contributed by atoms with E-state index in [2.05, 4.69) is 27.1 Å². The lowest BCUT2D eigenvalue weighted by Gasteiger charge is -2.32. The lowest BCUT2D eigenvalue weighted by atomic mass is 10.1. The highest BCUT2D eigenvalue weighted by Gasteiger charge is 2.17. The first kappa shape index (κ1) is 17.0. The number of carbonyl (C=O) groups excluding carboxylic acids is 1. The van der Waals surface area contributed by atoms with Gasteiger partial charge in [0, 0.05) is 25.4 Å². The number of nitrogens with one attached hydrogen (secondary N) is 2. The van der Waals surface area contributed by atoms with Crippen molar-refractivity contribution in [3.63, 3.8) is 0 Å². The van der Waals surface area contributed by atoms with Crippen molar-refractivity contribution in [2.45, 2.75) is 51.5 Å². The van der Waals surface area contributed by atoms with E-state index in [0.29, 0.717) is 12.5 Å². The van der Waals surface area contributed by atoms with Gasteiger partial charge in [0.05, 0.1) is 11.0 Å². The average molecular weight is 328 g/mol. The van der Waals surface area contributed by atoms with Crippen LogP contribution in [0.5, 0.6) is 0 Å². The molecule has 1 aromatic heterocycles. The second-order valence-corrected chi connectivity index (χ2v) is 6.80. The lowest BCUT2D eigenvalue weighted by molar-refractivity contribution is -0.121. The van der Waals surface area contributed by atoms with Crippen LogP contribution in [0.1, 0.15) is 44.9 Å². The minimum Gasteiger partial charge on any atom is -0.355 e. The fourth-order valence-corrected chi connectivity index (χ4v) is 3.38. The molecule has 1 saturated heterocycles. The van der Waals surface area contributed by atoms with Crippen LogP contribution < -0.4 is 5.32 Å². The number of aromatic amines is 1. The molecule has 24 heavy (non-hydrogen) atoms. The van der Waals surface area contributed by atoms with Crippen molar-refractivity contribution in [2.24, 2.45) is 0 Å². The maximum absolute atomic E-state index is 12.0.